The van der Waals surface area contributed by atoms with Crippen LogP contribution in [-0.2, 0) is 16.6 Å². The SMILES string of the molecule is CN(C)Cc1ccccc1S(N)(=O)=O. The molecule has 0 radical (unpaired) electrons. The van der Waals surface area contributed by atoms with Crippen LogP contribution in [-0.4, -0.2) is 27.4 Å². The Labute approximate surface area is 84.4 Å². The molecule has 0 heterocycles. The Morgan fingerprint density at radius 1 is 1.29 bits per heavy atom. The Morgan fingerprint density at radius 3 is 2.36 bits per heavy atom. The van der Waals surface area contributed by atoms with Crippen LogP contribution >= 0.6 is 0 Å². The van der Waals surface area contributed by atoms with Crippen molar-refractivity contribution in [3.8, 4) is 0 Å². The lowest BCUT2D eigenvalue weighted by Gasteiger charge is -2.12. The molecule has 0 fully saturated rings. The van der Waals surface area contributed by atoms with Crippen LogP contribution in [0.3, 0.4) is 0 Å². The lowest BCUT2D eigenvalue weighted by Crippen LogP contribution is -2.18. The van der Waals surface area contributed by atoms with Crippen molar-refractivity contribution in [2.45, 2.75) is 11.4 Å². The molecule has 1 aromatic carbocycles. The van der Waals surface area contributed by atoms with Gasteiger partial charge in [0.25, 0.3) is 0 Å². The van der Waals surface area contributed by atoms with E-state index in [1.807, 2.05) is 19.0 Å². The van der Waals surface area contributed by atoms with E-state index < -0.39 is 10.0 Å². The van der Waals surface area contributed by atoms with Crippen molar-refractivity contribution < 1.29 is 8.42 Å². The summed E-state index contributed by atoms with van der Waals surface area (Å²) >= 11 is 0. The van der Waals surface area contributed by atoms with Gasteiger partial charge in [0.15, 0.2) is 0 Å². The average molecular weight is 214 g/mol. The number of hydrogen-bond acceptors (Lipinski definition) is 3. The zero-order chi connectivity index (χ0) is 10.8. The van der Waals surface area contributed by atoms with Gasteiger partial charge in [0.1, 0.15) is 0 Å². The van der Waals surface area contributed by atoms with Gasteiger partial charge < -0.3 is 4.90 Å². The number of benzene rings is 1. The van der Waals surface area contributed by atoms with Crippen LogP contribution in [0, 0.1) is 0 Å². The smallest absolute Gasteiger partial charge is 0.238 e. The molecule has 0 saturated heterocycles. The van der Waals surface area contributed by atoms with Gasteiger partial charge >= 0.3 is 0 Å². The average Bonchev–Trinajstić information content (AvgIpc) is 2.01. The van der Waals surface area contributed by atoms with Gasteiger partial charge in [-0.15, -0.1) is 0 Å². The molecular formula is C9H14N2O2S. The van der Waals surface area contributed by atoms with Crippen molar-refractivity contribution in [2.75, 3.05) is 14.1 Å². The van der Waals surface area contributed by atoms with Crippen molar-refractivity contribution in [3.63, 3.8) is 0 Å². The first kappa shape index (κ1) is 11.2. The van der Waals surface area contributed by atoms with Crippen molar-refractivity contribution in [3.05, 3.63) is 29.8 Å². The topological polar surface area (TPSA) is 63.4 Å². The third kappa shape index (κ3) is 2.80. The Bertz CT molecular complexity index is 413. The zero-order valence-corrected chi connectivity index (χ0v) is 9.08. The quantitative estimate of drug-likeness (QED) is 0.792. The zero-order valence-electron chi connectivity index (χ0n) is 8.27. The molecule has 1 rings (SSSR count). The largest absolute Gasteiger partial charge is 0.305 e. The lowest BCUT2D eigenvalue weighted by molar-refractivity contribution is 0.398. The maximum atomic E-state index is 11.2. The first-order valence-corrected chi connectivity index (χ1v) is 5.71. The molecule has 0 atom stereocenters. The fourth-order valence-corrected chi connectivity index (χ4v) is 2.02. The third-order valence-corrected chi connectivity index (χ3v) is 2.78. The summed E-state index contributed by atoms with van der Waals surface area (Å²) in [6.45, 7) is 0.562. The van der Waals surface area contributed by atoms with Crippen LogP contribution in [0.2, 0.25) is 0 Å². The van der Waals surface area contributed by atoms with Gasteiger partial charge in [-0.05, 0) is 25.7 Å². The number of primary sulfonamides is 1. The van der Waals surface area contributed by atoms with E-state index in [0.29, 0.717) is 6.54 Å². The second-order valence-electron chi connectivity index (χ2n) is 3.39. The Morgan fingerprint density at radius 2 is 1.86 bits per heavy atom. The summed E-state index contributed by atoms with van der Waals surface area (Å²) < 4.78 is 22.4. The summed E-state index contributed by atoms with van der Waals surface area (Å²) in [5.41, 5.74) is 0.722. The van der Waals surface area contributed by atoms with Gasteiger partial charge in [-0.2, -0.15) is 0 Å². The molecule has 0 saturated carbocycles. The molecule has 0 aliphatic heterocycles. The molecule has 5 heteroatoms. The first-order chi connectivity index (χ1) is 6.41. The van der Waals surface area contributed by atoms with Crippen LogP contribution in [0.25, 0.3) is 0 Å². The number of hydrogen-bond donors (Lipinski definition) is 1. The molecule has 0 amide bonds. The monoisotopic (exact) mass is 214 g/mol. The fourth-order valence-electron chi connectivity index (χ4n) is 1.25. The van der Waals surface area contributed by atoms with E-state index in [1.165, 1.54) is 6.07 Å². The molecule has 0 spiro atoms. The normalized spacial score (nSPS) is 12.0. The molecule has 0 aliphatic carbocycles. The Hall–Kier alpha value is -0.910. The predicted molar refractivity (Wildman–Crippen MR) is 55.2 cm³/mol. The highest BCUT2D eigenvalue weighted by atomic mass is 32.2. The fraction of sp³-hybridized carbons (Fsp3) is 0.333. The van der Waals surface area contributed by atoms with Crippen molar-refractivity contribution in [1.82, 2.24) is 4.90 Å². The molecule has 1 aromatic rings. The first-order valence-electron chi connectivity index (χ1n) is 4.16. The van der Waals surface area contributed by atoms with Crippen LogP contribution in [0.4, 0.5) is 0 Å². The third-order valence-electron chi connectivity index (χ3n) is 1.77. The molecule has 4 nitrogen and oxygen atoms in total. The van der Waals surface area contributed by atoms with E-state index in [1.54, 1.807) is 18.2 Å². The number of nitrogens with zero attached hydrogens (tertiary/aromatic N) is 1. The highest BCUT2D eigenvalue weighted by Crippen LogP contribution is 2.14. The van der Waals surface area contributed by atoms with E-state index in [2.05, 4.69) is 0 Å². The number of rotatable bonds is 3. The van der Waals surface area contributed by atoms with Crippen LogP contribution < -0.4 is 5.14 Å². The second kappa shape index (κ2) is 4.08. The maximum absolute atomic E-state index is 11.2. The standard InChI is InChI=1S/C9H14N2O2S/c1-11(2)7-8-5-3-4-6-9(8)14(10,12)13/h3-6H,7H2,1-2H3,(H2,10,12,13). The van der Waals surface area contributed by atoms with Crippen molar-refractivity contribution >= 4 is 10.0 Å². The van der Waals surface area contributed by atoms with Gasteiger partial charge in [0.05, 0.1) is 4.90 Å². The highest BCUT2D eigenvalue weighted by molar-refractivity contribution is 7.89. The van der Waals surface area contributed by atoms with Gasteiger partial charge in [0.2, 0.25) is 10.0 Å². The van der Waals surface area contributed by atoms with Crippen molar-refractivity contribution in [1.29, 1.82) is 0 Å². The minimum absolute atomic E-state index is 0.203. The summed E-state index contributed by atoms with van der Waals surface area (Å²) in [5, 5.41) is 5.09. The molecule has 0 aliphatic rings. The summed E-state index contributed by atoms with van der Waals surface area (Å²) in [7, 11) is 0.144. The van der Waals surface area contributed by atoms with E-state index >= 15 is 0 Å². The summed E-state index contributed by atoms with van der Waals surface area (Å²) in [6.07, 6.45) is 0. The lowest BCUT2D eigenvalue weighted by atomic mass is 10.2. The van der Waals surface area contributed by atoms with Gasteiger partial charge in [-0.1, -0.05) is 18.2 Å². The minimum Gasteiger partial charge on any atom is -0.305 e. The van der Waals surface area contributed by atoms with E-state index in [-0.39, 0.29) is 4.90 Å². The van der Waals surface area contributed by atoms with Crippen LogP contribution in [0.15, 0.2) is 29.2 Å². The van der Waals surface area contributed by atoms with Gasteiger partial charge in [-0.3, -0.25) is 0 Å². The summed E-state index contributed by atoms with van der Waals surface area (Å²) in [6, 6.07) is 6.75. The number of nitrogens with two attached hydrogens (primary N) is 1. The van der Waals surface area contributed by atoms with E-state index in [9.17, 15) is 8.42 Å². The summed E-state index contributed by atoms with van der Waals surface area (Å²) in [4.78, 5) is 2.10. The van der Waals surface area contributed by atoms with Crippen LogP contribution in [0.1, 0.15) is 5.56 Å². The Kier molecular flexibility index (Phi) is 3.25. The van der Waals surface area contributed by atoms with E-state index in [0.717, 1.165) is 5.56 Å². The van der Waals surface area contributed by atoms with Gasteiger partial charge in [0, 0.05) is 6.54 Å². The predicted octanol–water partition coefficient (Wildman–Crippen LogP) is 0.396. The molecule has 0 bridgehead atoms. The van der Waals surface area contributed by atoms with Crippen LogP contribution in [0.5, 0.6) is 0 Å². The summed E-state index contributed by atoms with van der Waals surface area (Å²) in [5.74, 6) is 0. The molecule has 0 aromatic heterocycles. The second-order valence-corrected chi connectivity index (χ2v) is 4.92. The van der Waals surface area contributed by atoms with Gasteiger partial charge in [-0.25, -0.2) is 13.6 Å². The number of sulfonamides is 1. The molecular weight excluding hydrogens is 200 g/mol. The van der Waals surface area contributed by atoms with Crippen molar-refractivity contribution in [2.24, 2.45) is 5.14 Å². The highest BCUT2D eigenvalue weighted by Gasteiger charge is 2.12. The molecule has 14 heavy (non-hydrogen) atoms. The molecule has 0 unspecified atom stereocenters. The maximum Gasteiger partial charge on any atom is 0.238 e. The molecule has 2 N–H and O–H groups in total. The van der Waals surface area contributed by atoms with E-state index in [4.69, 9.17) is 5.14 Å². The Balaban J connectivity index is 3.17. The molecule has 78 valence electrons. The minimum atomic E-state index is -3.61.